The van der Waals surface area contributed by atoms with E-state index in [0.29, 0.717) is 24.8 Å². The van der Waals surface area contributed by atoms with Gasteiger partial charge < -0.3 is 9.26 Å². The molecule has 1 aliphatic carbocycles. The molecule has 1 aliphatic rings. The molecule has 0 aliphatic heterocycles. The summed E-state index contributed by atoms with van der Waals surface area (Å²) in [6.45, 7) is 4.55. The van der Waals surface area contributed by atoms with E-state index in [-0.39, 0.29) is 4.90 Å². The SMILES string of the molecule is Cc1noc(C)c1COc1ccc(S(=O)(=O)NCC2CC2)cc1. The normalized spacial score (nSPS) is 14.9. The van der Waals surface area contributed by atoms with Crippen LogP contribution in [0.4, 0.5) is 0 Å². The number of rotatable bonds is 7. The molecule has 0 radical (unpaired) electrons. The van der Waals surface area contributed by atoms with Crippen LogP contribution in [0, 0.1) is 19.8 Å². The predicted molar refractivity (Wildman–Crippen MR) is 84.7 cm³/mol. The van der Waals surface area contributed by atoms with Crippen LogP contribution in [-0.4, -0.2) is 20.1 Å². The van der Waals surface area contributed by atoms with Gasteiger partial charge in [-0.1, -0.05) is 5.16 Å². The van der Waals surface area contributed by atoms with E-state index in [1.165, 1.54) is 0 Å². The fourth-order valence-electron chi connectivity index (χ4n) is 2.21. The molecule has 1 fully saturated rings. The molecule has 3 rings (SSSR count). The van der Waals surface area contributed by atoms with E-state index in [0.717, 1.165) is 29.9 Å². The van der Waals surface area contributed by atoms with Gasteiger partial charge in [0.1, 0.15) is 18.1 Å². The predicted octanol–water partition coefficient (Wildman–Crippen LogP) is 2.56. The minimum Gasteiger partial charge on any atom is -0.489 e. The van der Waals surface area contributed by atoms with Crippen molar-refractivity contribution in [3.05, 3.63) is 41.3 Å². The third-order valence-corrected chi connectivity index (χ3v) is 5.40. The van der Waals surface area contributed by atoms with Gasteiger partial charge in [-0.05, 0) is 56.9 Å². The highest BCUT2D eigenvalue weighted by Crippen LogP contribution is 2.28. The Hall–Kier alpha value is -1.86. The van der Waals surface area contributed by atoms with E-state index in [1.54, 1.807) is 24.3 Å². The molecule has 0 saturated heterocycles. The first-order valence-corrected chi connectivity index (χ1v) is 9.08. The van der Waals surface area contributed by atoms with Crippen molar-refractivity contribution >= 4 is 10.0 Å². The van der Waals surface area contributed by atoms with Gasteiger partial charge in [0.05, 0.1) is 16.2 Å². The molecular formula is C16H20N2O4S. The maximum absolute atomic E-state index is 12.1. The van der Waals surface area contributed by atoms with Crippen molar-refractivity contribution in [2.75, 3.05) is 6.54 Å². The topological polar surface area (TPSA) is 81.4 Å². The fourth-order valence-corrected chi connectivity index (χ4v) is 3.33. The van der Waals surface area contributed by atoms with E-state index in [4.69, 9.17) is 9.26 Å². The molecule has 2 aromatic rings. The lowest BCUT2D eigenvalue weighted by Gasteiger charge is -2.08. The first kappa shape index (κ1) is 16.0. The number of nitrogens with one attached hydrogen (secondary N) is 1. The van der Waals surface area contributed by atoms with E-state index in [1.807, 2.05) is 13.8 Å². The van der Waals surface area contributed by atoms with Crippen molar-refractivity contribution < 1.29 is 17.7 Å². The molecule has 1 heterocycles. The molecule has 0 spiro atoms. The van der Waals surface area contributed by atoms with Gasteiger partial charge in [-0.25, -0.2) is 13.1 Å². The van der Waals surface area contributed by atoms with Crippen LogP contribution in [0.1, 0.15) is 29.9 Å². The van der Waals surface area contributed by atoms with Crippen molar-refractivity contribution in [1.29, 1.82) is 0 Å². The van der Waals surface area contributed by atoms with Crippen LogP contribution in [0.2, 0.25) is 0 Å². The quantitative estimate of drug-likeness (QED) is 0.840. The highest BCUT2D eigenvalue weighted by atomic mass is 32.2. The Morgan fingerprint density at radius 2 is 1.96 bits per heavy atom. The van der Waals surface area contributed by atoms with Crippen molar-refractivity contribution in [1.82, 2.24) is 9.88 Å². The smallest absolute Gasteiger partial charge is 0.240 e. The summed E-state index contributed by atoms with van der Waals surface area (Å²) in [4.78, 5) is 0.253. The summed E-state index contributed by atoms with van der Waals surface area (Å²) in [5, 5.41) is 3.87. The molecule has 6 nitrogen and oxygen atoms in total. The Balaban J connectivity index is 1.62. The number of sulfonamides is 1. The Bertz CT molecular complexity index is 757. The van der Waals surface area contributed by atoms with Gasteiger partial charge in [-0.2, -0.15) is 0 Å². The number of nitrogens with zero attached hydrogens (tertiary/aromatic N) is 1. The Kier molecular flexibility index (Phi) is 4.41. The summed E-state index contributed by atoms with van der Waals surface area (Å²) in [5.41, 5.74) is 1.71. The standard InChI is InChI=1S/C16H20N2O4S/c1-11-16(12(2)22-18-11)10-21-14-5-7-15(8-6-14)23(19,20)17-9-13-3-4-13/h5-8,13,17H,3-4,9-10H2,1-2H3. The average molecular weight is 336 g/mol. The lowest BCUT2D eigenvalue weighted by atomic mass is 10.2. The van der Waals surface area contributed by atoms with Crippen LogP contribution in [0.25, 0.3) is 0 Å². The monoisotopic (exact) mass is 336 g/mol. The average Bonchev–Trinajstić information content (AvgIpc) is 3.31. The zero-order valence-corrected chi connectivity index (χ0v) is 14.0. The molecule has 1 N–H and O–H groups in total. The van der Waals surface area contributed by atoms with Crippen molar-refractivity contribution in [3.8, 4) is 5.75 Å². The van der Waals surface area contributed by atoms with Gasteiger partial charge >= 0.3 is 0 Å². The van der Waals surface area contributed by atoms with Crippen LogP contribution in [-0.2, 0) is 16.6 Å². The van der Waals surface area contributed by atoms with Crippen LogP contribution in [0.5, 0.6) is 5.75 Å². The van der Waals surface area contributed by atoms with Crippen LogP contribution in [0.3, 0.4) is 0 Å². The lowest BCUT2D eigenvalue weighted by Crippen LogP contribution is -2.25. The van der Waals surface area contributed by atoms with E-state index >= 15 is 0 Å². The molecule has 23 heavy (non-hydrogen) atoms. The molecule has 0 unspecified atom stereocenters. The Labute approximate surface area is 135 Å². The number of aryl methyl sites for hydroxylation is 2. The number of hydrogen-bond donors (Lipinski definition) is 1. The van der Waals surface area contributed by atoms with E-state index in [2.05, 4.69) is 9.88 Å². The van der Waals surface area contributed by atoms with Gasteiger partial charge in [-0.3, -0.25) is 0 Å². The van der Waals surface area contributed by atoms with Crippen LogP contribution in [0.15, 0.2) is 33.7 Å². The maximum atomic E-state index is 12.1. The summed E-state index contributed by atoms with van der Waals surface area (Å²) < 4.78 is 37.7. The summed E-state index contributed by atoms with van der Waals surface area (Å²) in [5.74, 6) is 1.83. The molecule has 1 saturated carbocycles. The highest BCUT2D eigenvalue weighted by molar-refractivity contribution is 7.89. The minimum absolute atomic E-state index is 0.253. The van der Waals surface area contributed by atoms with Gasteiger partial charge in [0.25, 0.3) is 0 Å². The van der Waals surface area contributed by atoms with Gasteiger partial charge in [0.15, 0.2) is 0 Å². The highest BCUT2D eigenvalue weighted by Gasteiger charge is 2.24. The van der Waals surface area contributed by atoms with Crippen LogP contribution < -0.4 is 9.46 Å². The molecule has 0 amide bonds. The largest absolute Gasteiger partial charge is 0.489 e. The van der Waals surface area contributed by atoms with Crippen molar-refractivity contribution in [3.63, 3.8) is 0 Å². The first-order chi connectivity index (χ1) is 11.0. The molecule has 1 aromatic carbocycles. The number of benzene rings is 1. The summed E-state index contributed by atoms with van der Waals surface area (Å²) in [7, 11) is -3.43. The van der Waals surface area contributed by atoms with Gasteiger partial charge in [-0.15, -0.1) is 0 Å². The summed E-state index contributed by atoms with van der Waals surface area (Å²) in [6, 6.07) is 6.42. The summed E-state index contributed by atoms with van der Waals surface area (Å²) >= 11 is 0. The Morgan fingerprint density at radius 3 is 2.52 bits per heavy atom. The first-order valence-electron chi connectivity index (χ1n) is 7.60. The van der Waals surface area contributed by atoms with Crippen molar-refractivity contribution in [2.45, 2.75) is 38.2 Å². The third-order valence-electron chi connectivity index (χ3n) is 3.96. The number of aromatic nitrogens is 1. The summed E-state index contributed by atoms with van der Waals surface area (Å²) in [6.07, 6.45) is 2.22. The molecular weight excluding hydrogens is 316 g/mol. The second-order valence-electron chi connectivity index (χ2n) is 5.86. The van der Waals surface area contributed by atoms with E-state index in [9.17, 15) is 8.42 Å². The molecule has 7 heteroatoms. The van der Waals surface area contributed by atoms with E-state index < -0.39 is 10.0 Å². The molecule has 1 aromatic heterocycles. The third kappa shape index (κ3) is 3.92. The molecule has 0 bridgehead atoms. The molecule has 124 valence electrons. The van der Waals surface area contributed by atoms with Crippen molar-refractivity contribution in [2.24, 2.45) is 5.92 Å². The maximum Gasteiger partial charge on any atom is 0.240 e. The lowest BCUT2D eigenvalue weighted by molar-refractivity contribution is 0.301. The second kappa shape index (κ2) is 6.33. The minimum atomic E-state index is -3.43. The van der Waals surface area contributed by atoms with Gasteiger partial charge in [0.2, 0.25) is 10.0 Å². The van der Waals surface area contributed by atoms with Crippen LogP contribution >= 0.6 is 0 Å². The second-order valence-corrected chi connectivity index (χ2v) is 7.63. The number of hydrogen-bond acceptors (Lipinski definition) is 5. The number of ether oxygens (including phenoxy) is 1. The zero-order valence-electron chi connectivity index (χ0n) is 13.2. The zero-order chi connectivity index (χ0) is 16.4. The molecule has 0 atom stereocenters. The van der Waals surface area contributed by atoms with Gasteiger partial charge in [0, 0.05) is 6.54 Å². The Morgan fingerprint density at radius 1 is 1.26 bits per heavy atom. The fraction of sp³-hybridized carbons (Fsp3) is 0.438.